The van der Waals surface area contributed by atoms with Crippen LogP contribution in [0.5, 0.6) is 0 Å². The van der Waals surface area contributed by atoms with Crippen molar-refractivity contribution in [3.63, 3.8) is 0 Å². The highest BCUT2D eigenvalue weighted by Gasteiger charge is 2.10. The Balaban J connectivity index is 2.26. The van der Waals surface area contributed by atoms with Crippen molar-refractivity contribution in [3.8, 4) is 0 Å². The molecule has 2 rings (SSSR count). The summed E-state index contributed by atoms with van der Waals surface area (Å²) in [5.74, 6) is 0.544. The minimum absolute atomic E-state index is 0.129. The number of nitrogens with two attached hydrogens (primary N) is 1. The molecule has 0 saturated carbocycles. The molecule has 2 nitrogen and oxygen atoms in total. The van der Waals surface area contributed by atoms with Crippen LogP contribution in [0.15, 0.2) is 47.2 Å². The van der Waals surface area contributed by atoms with E-state index < -0.39 is 0 Å². The van der Waals surface area contributed by atoms with E-state index in [0.29, 0.717) is 5.92 Å². The highest BCUT2D eigenvalue weighted by atomic mass is 79.9. The van der Waals surface area contributed by atoms with Crippen LogP contribution in [0.25, 0.3) is 0 Å². The van der Waals surface area contributed by atoms with Crippen molar-refractivity contribution < 1.29 is 0 Å². The number of pyridine rings is 1. The zero-order valence-electron chi connectivity index (χ0n) is 10.6. The molecule has 1 unspecified atom stereocenters. The summed E-state index contributed by atoms with van der Waals surface area (Å²) < 4.78 is 0.953. The average Bonchev–Trinajstić information content (AvgIpc) is 2.38. The smallest absolute Gasteiger partial charge is 0.0567 e. The van der Waals surface area contributed by atoms with Crippen molar-refractivity contribution in [2.45, 2.75) is 25.8 Å². The molecule has 3 heteroatoms. The third kappa shape index (κ3) is 2.98. The molecule has 2 N–H and O–H groups in total. The van der Waals surface area contributed by atoms with E-state index in [1.165, 1.54) is 5.56 Å². The Morgan fingerprint density at radius 3 is 2.17 bits per heavy atom. The van der Waals surface area contributed by atoms with Gasteiger partial charge in [-0.3, -0.25) is 4.98 Å². The fourth-order valence-corrected chi connectivity index (χ4v) is 2.26. The van der Waals surface area contributed by atoms with Crippen LogP contribution in [0.1, 0.15) is 42.5 Å². The molecule has 1 aromatic carbocycles. The first kappa shape index (κ1) is 13.2. The lowest BCUT2D eigenvalue weighted by atomic mass is 9.97. The monoisotopic (exact) mass is 304 g/mol. The molecule has 0 amide bonds. The molecule has 94 valence electrons. The lowest BCUT2D eigenvalue weighted by Crippen LogP contribution is -2.12. The number of rotatable bonds is 3. The van der Waals surface area contributed by atoms with Gasteiger partial charge in [0.15, 0.2) is 0 Å². The van der Waals surface area contributed by atoms with Gasteiger partial charge < -0.3 is 5.73 Å². The highest BCUT2D eigenvalue weighted by molar-refractivity contribution is 9.10. The summed E-state index contributed by atoms with van der Waals surface area (Å²) >= 11 is 3.42. The highest BCUT2D eigenvalue weighted by Crippen LogP contribution is 2.23. The molecule has 0 fully saturated rings. The van der Waals surface area contributed by atoms with Crippen LogP contribution in [-0.4, -0.2) is 4.98 Å². The number of halogens is 1. The van der Waals surface area contributed by atoms with Gasteiger partial charge in [0.05, 0.1) is 6.04 Å². The van der Waals surface area contributed by atoms with Gasteiger partial charge in [-0.25, -0.2) is 0 Å². The van der Waals surface area contributed by atoms with Crippen LogP contribution in [0.2, 0.25) is 0 Å². The van der Waals surface area contributed by atoms with E-state index in [1.807, 2.05) is 12.3 Å². The van der Waals surface area contributed by atoms with Gasteiger partial charge in [-0.15, -0.1) is 0 Å². The Hall–Kier alpha value is -1.19. The molecule has 0 aliphatic carbocycles. The van der Waals surface area contributed by atoms with Gasteiger partial charge in [-0.2, -0.15) is 0 Å². The van der Waals surface area contributed by atoms with Crippen LogP contribution in [0.3, 0.4) is 0 Å². The molecule has 0 saturated heterocycles. The molecule has 1 atom stereocenters. The first-order valence-corrected chi connectivity index (χ1v) is 6.83. The van der Waals surface area contributed by atoms with Gasteiger partial charge in [0.1, 0.15) is 0 Å². The van der Waals surface area contributed by atoms with Gasteiger partial charge in [0, 0.05) is 16.9 Å². The normalized spacial score (nSPS) is 12.7. The third-order valence-electron chi connectivity index (χ3n) is 3.05. The zero-order valence-corrected chi connectivity index (χ0v) is 12.2. The first-order valence-electron chi connectivity index (χ1n) is 6.04. The van der Waals surface area contributed by atoms with E-state index in [2.05, 4.69) is 59.0 Å². The fraction of sp³-hybridized carbons (Fsp3) is 0.267. The second-order valence-corrected chi connectivity index (χ2v) is 5.65. The summed E-state index contributed by atoms with van der Waals surface area (Å²) in [6, 6.07) is 10.4. The summed E-state index contributed by atoms with van der Waals surface area (Å²) in [5.41, 5.74) is 9.71. The second kappa shape index (κ2) is 5.63. The van der Waals surface area contributed by atoms with Crippen molar-refractivity contribution in [2.75, 3.05) is 0 Å². The molecule has 2 aromatic rings. The van der Waals surface area contributed by atoms with Gasteiger partial charge in [-0.1, -0.05) is 38.1 Å². The summed E-state index contributed by atoms with van der Waals surface area (Å²) in [7, 11) is 0. The number of hydrogen-bond donors (Lipinski definition) is 1. The maximum absolute atomic E-state index is 6.25. The number of hydrogen-bond acceptors (Lipinski definition) is 2. The third-order valence-corrected chi connectivity index (χ3v) is 3.48. The Kier molecular flexibility index (Phi) is 4.15. The van der Waals surface area contributed by atoms with E-state index in [-0.39, 0.29) is 6.04 Å². The Bertz CT molecular complexity index is 520. The molecule has 18 heavy (non-hydrogen) atoms. The Labute approximate surface area is 116 Å². The molecule has 0 spiro atoms. The van der Waals surface area contributed by atoms with Crippen LogP contribution in [0, 0.1) is 0 Å². The number of aromatic nitrogens is 1. The van der Waals surface area contributed by atoms with Gasteiger partial charge in [0.25, 0.3) is 0 Å². The Morgan fingerprint density at radius 1 is 1.00 bits per heavy atom. The Morgan fingerprint density at radius 2 is 1.61 bits per heavy atom. The molecule has 0 aliphatic rings. The standard InChI is InChI=1S/C15H17BrN2/c1-10(2)11-3-5-12(6-4-11)15(17)13-7-14(16)9-18-8-13/h3-10,15H,17H2,1-2H3. The maximum atomic E-state index is 6.25. The first-order chi connectivity index (χ1) is 8.58. The van der Waals surface area contributed by atoms with E-state index in [1.54, 1.807) is 6.20 Å². The van der Waals surface area contributed by atoms with Crippen LogP contribution in [-0.2, 0) is 0 Å². The predicted molar refractivity (Wildman–Crippen MR) is 78.5 cm³/mol. The van der Waals surface area contributed by atoms with Crippen LogP contribution >= 0.6 is 15.9 Å². The van der Waals surface area contributed by atoms with Gasteiger partial charge in [0.2, 0.25) is 0 Å². The minimum atomic E-state index is -0.129. The molecular weight excluding hydrogens is 288 g/mol. The topological polar surface area (TPSA) is 38.9 Å². The summed E-state index contributed by atoms with van der Waals surface area (Å²) in [5, 5.41) is 0. The molecular formula is C15H17BrN2. The quantitative estimate of drug-likeness (QED) is 0.930. The largest absolute Gasteiger partial charge is 0.320 e. The maximum Gasteiger partial charge on any atom is 0.0567 e. The van der Waals surface area contributed by atoms with Crippen molar-refractivity contribution in [1.29, 1.82) is 0 Å². The SMILES string of the molecule is CC(C)c1ccc(C(N)c2cncc(Br)c2)cc1. The summed E-state index contributed by atoms with van der Waals surface area (Å²) in [6.45, 7) is 4.38. The molecule has 0 bridgehead atoms. The molecule has 1 aromatic heterocycles. The summed E-state index contributed by atoms with van der Waals surface area (Å²) in [6.07, 6.45) is 3.57. The molecule has 0 radical (unpaired) electrons. The summed E-state index contributed by atoms with van der Waals surface area (Å²) in [4.78, 5) is 4.15. The molecule has 0 aliphatic heterocycles. The minimum Gasteiger partial charge on any atom is -0.320 e. The van der Waals surface area contributed by atoms with Gasteiger partial charge in [-0.05, 0) is 44.6 Å². The van der Waals surface area contributed by atoms with Crippen molar-refractivity contribution in [2.24, 2.45) is 5.73 Å². The van der Waals surface area contributed by atoms with E-state index in [4.69, 9.17) is 5.73 Å². The lowest BCUT2D eigenvalue weighted by Gasteiger charge is -2.14. The second-order valence-electron chi connectivity index (χ2n) is 4.74. The van der Waals surface area contributed by atoms with Crippen molar-refractivity contribution >= 4 is 15.9 Å². The van der Waals surface area contributed by atoms with Crippen molar-refractivity contribution in [1.82, 2.24) is 4.98 Å². The lowest BCUT2D eigenvalue weighted by molar-refractivity contribution is 0.843. The van der Waals surface area contributed by atoms with E-state index >= 15 is 0 Å². The van der Waals surface area contributed by atoms with Gasteiger partial charge >= 0.3 is 0 Å². The predicted octanol–water partition coefficient (Wildman–Crippen LogP) is 4.02. The number of nitrogens with zero attached hydrogens (tertiary/aromatic N) is 1. The van der Waals surface area contributed by atoms with Crippen LogP contribution in [0.4, 0.5) is 0 Å². The van der Waals surface area contributed by atoms with Crippen LogP contribution < -0.4 is 5.73 Å². The average molecular weight is 305 g/mol. The van der Waals surface area contributed by atoms with E-state index in [9.17, 15) is 0 Å². The molecule has 1 heterocycles. The van der Waals surface area contributed by atoms with Crippen molar-refractivity contribution in [3.05, 3.63) is 63.9 Å². The number of benzene rings is 1. The zero-order chi connectivity index (χ0) is 13.1. The fourth-order valence-electron chi connectivity index (χ4n) is 1.88. The van der Waals surface area contributed by atoms with E-state index in [0.717, 1.165) is 15.6 Å².